The summed E-state index contributed by atoms with van der Waals surface area (Å²) in [5.41, 5.74) is 1.32. The van der Waals surface area contributed by atoms with Gasteiger partial charge in [-0.2, -0.15) is 0 Å². The van der Waals surface area contributed by atoms with Crippen LogP contribution in [0.3, 0.4) is 0 Å². The second-order valence-electron chi connectivity index (χ2n) is 4.77. The van der Waals surface area contributed by atoms with Crippen molar-refractivity contribution in [2.24, 2.45) is 0 Å². The molecule has 0 aliphatic heterocycles. The van der Waals surface area contributed by atoms with Crippen molar-refractivity contribution in [2.45, 2.75) is 13.0 Å². The van der Waals surface area contributed by atoms with Crippen LogP contribution in [0.4, 0.5) is 10.1 Å². The maximum Gasteiger partial charge on any atom is 0.126 e. The quantitative estimate of drug-likeness (QED) is 0.856. The lowest BCUT2D eigenvalue weighted by molar-refractivity contribution is 0.117. The summed E-state index contributed by atoms with van der Waals surface area (Å²) in [4.78, 5) is 0. The van der Waals surface area contributed by atoms with E-state index in [0.717, 1.165) is 5.69 Å². The van der Waals surface area contributed by atoms with Gasteiger partial charge < -0.3 is 15.2 Å². The molecule has 0 bridgehead atoms. The molecule has 0 saturated carbocycles. The molecule has 0 saturated heterocycles. The molecule has 0 spiro atoms. The minimum Gasteiger partial charge on any atom is -0.491 e. The van der Waals surface area contributed by atoms with Gasteiger partial charge in [0.2, 0.25) is 0 Å². The molecule has 2 N–H and O–H groups in total. The molecule has 0 aliphatic carbocycles. The van der Waals surface area contributed by atoms with Crippen molar-refractivity contribution < 1.29 is 14.2 Å². The number of hydrogen-bond acceptors (Lipinski definition) is 3. The summed E-state index contributed by atoms with van der Waals surface area (Å²) in [6.45, 7) is 2.15. The van der Waals surface area contributed by atoms with Crippen LogP contribution in [0.25, 0.3) is 0 Å². The van der Waals surface area contributed by atoms with Gasteiger partial charge in [0.15, 0.2) is 0 Å². The average Bonchev–Trinajstić information content (AvgIpc) is 2.46. The van der Waals surface area contributed by atoms with Gasteiger partial charge in [-0.3, -0.25) is 0 Å². The minimum atomic E-state index is -0.686. The highest BCUT2D eigenvalue weighted by Crippen LogP contribution is 2.17. The maximum atomic E-state index is 13.1. The molecule has 1 unspecified atom stereocenters. The molecule has 0 radical (unpaired) electrons. The Morgan fingerprint density at radius 2 is 2.10 bits per heavy atom. The largest absolute Gasteiger partial charge is 0.491 e. The van der Waals surface area contributed by atoms with Crippen LogP contribution >= 0.6 is 11.6 Å². The number of hydrogen-bond donors (Lipinski definition) is 2. The molecule has 0 amide bonds. The summed E-state index contributed by atoms with van der Waals surface area (Å²) in [5.74, 6) is 0.365. The van der Waals surface area contributed by atoms with Gasteiger partial charge in [0, 0.05) is 17.3 Å². The minimum absolute atomic E-state index is 0.146. The van der Waals surface area contributed by atoms with E-state index in [2.05, 4.69) is 5.32 Å². The first-order valence-corrected chi connectivity index (χ1v) is 6.99. The summed E-state index contributed by atoms with van der Waals surface area (Å²) >= 11 is 5.84. The molecular weight excluding hydrogens is 293 g/mol. The van der Waals surface area contributed by atoms with E-state index in [1.165, 1.54) is 6.07 Å². The standard InChI is InChI=1S/C16H17ClFNO2/c1-11-7-13(5-6-16(11)18)19-9-14(20)10-21-15-4-2-3-12(17)8-15/h2-8,14,19-20H,9-10H2,1H3. The molecule has 1 atom stereocenters. The Morgan fingerprint density at radius 1 is 1.29 bits per heavy atom. The van der Waals surface area contributed by atoms with Crippen LogP contribution in [0.2, 0.25) is 5.02 Å². The lowest BCUT2D eigenvalue weighted by atomic mass is 10.2. The highest BCUT2D eigenvalue weighted by atomic mass is 35.5. The van der Waals surface area contributed by atoms with Crippen molar-refractivity contribution in [3.63, 3.8) is 0 Å². The first kappa shape index (κ1) is 15.6. The van der Waals surface area contributed by atoms with E-state index in [9.17, 15) is 9.50 Å². The Labute approximate surface area is 128 Å². The topological polar surface area (TPSA) is 41.5 Å². The Hall–Kier alpha value is -1.78. The molecule has 0 aromatic heterocycles. The lowest BCUT2D eigenvalue weighted by Gasteiger charge is -2.14. The SMILES string of the molecule is Cc1cc(NCC(O)COc2cccc(Cl)c2)ccc1F. The van der Waals surface area contributed by atoms with Crippen LogP contribution < -0.4 is 10.1 Å². The molecule has 3 nitrogen and oxygen atoms in total. The summed E-state index contributed by atoms with van der Waals surface area (Å²) in [5, 5.41) is 13.5. The second kappa shape index (κ2) is 7.29. The molecule has 2 aromatic carbocycles. The van der Waals surface area contributed by atoms with E-state index in [4.69, 9.17) is 16.3 Å². The zero-order valence-electron chi connectivity index (χ0n) is 11.6. The van der Waals surface area contributed by atoms with E-state index < -0.39 is 6.10 Å². The summed E-state index contributed by atoms with van der Waals surface area (Å²) in [6.07, 6.45) is -0.686. The molecule has 0 heterocycles. The van der Waals surface area contributed by atoms with Crippen molar-refractivity contribution in [3.8, 4) is 5.75 Å². The predicted molar refractivity (Wildman–Crippen MR) is 82.6 cm³/mol. The third-order valence-electron chi connectivity index (χ3n) is 2.94. The van der Waals surface area contributed by atoms with Crippen LogP contribution in [0.1, 0.15) is 5.56 Å². The number of aliphatic hydroxyl groups is 1. The van der Waals surface area contributed by atoms with Gasteiger partial charge in [0.05, 0.1) is 0 Å². The molecule has 21 heavy (non-hydrogen) atoms. The monoisotopic (exact) mass is 309 g/mol. The van der Waals surface area contributed by atoms with E-state index in [1.54, 1.807) is 43.3 Å². The third-order valence-corrected chi connectivity index (χ3v) is 3.17. The van der Waals surface area contributed by atoms with E-state index in [-0.39, 0.29) is 12.4 Å². The normalized spacial score (nSPS) is 12.0. The fraction of sp³-hybridized carbons (Fsp3) is 0.250. The Bertz CT molecular complexity index is 607. The smallest absolute Gasteiger partial charge is 0.126 e. The number of anilines is 1. The van der Waals surface area contributed by atoms with Crippen molar-refractivity contribution >= 4 is 17.3 Å². The van der Waals surface area contributed by atoms with E-state index >= 15 is 0 Å². The third kappa shape index (κ3) is 4.92. The number of nitrogens with one attached hydrogen (secondary N) is 1. The van der Waals surface area contributed by atoms with Gasteiger partial charge in [-0.1, -0.05) is 17.7 Å². The molecule has 5 heteroatoms. The summed E-state index contributed by atoms with van der Waals surface area (Å²) < 4.78 is 18.6. The molecule has 112 valence electrons. The summed E-state index contributed by atoms with van der Waals surface area (Å²) in [7, 11) is 0. The van der Waals surface area contributed by atoms with Gasteiger partial charge in [0.1, 0.15) is 24.3 Å². The highest BCUT2D eigenvalue weighted by molar-refractivity contribution is 6.30. The van der Waals surface area contributed by atoms with Gasteiger partial charge in [-0.05, 0) is 48.9 Å². The predicted octanol–water partition coefficient (Wildman–Crippen LogP) is 3.64. The first-order valence-electron chi connectivity index (χ1n) is 6.61. The van der Waals surface area contributed by atoms with Crippen LogP contribution in [-0.2, 0) is 0 Å². The Morgan fingerprint density at radius 3 is 2.81 bits per heavy atom. The van der Waals surface area contributed by atoms with Crippen molar-refractivity contribution in [1.29, 1.82) is 0 Å². The van der Waals surface area contributed by atoms with Crippen molar-refractivity contribution in [1.82, 2.24) is 0 Å². The van der Waals surface area contributed by atoms with Crippen LogP contribution in [0.5, 0.6) is 5.75 Å². The number of rotatable bonds is 6. The molecule has 0 aliphatic rings. The molecular formula is C16H17ClFNO2. The highest BCUT2D eigenvalue weighted by Gasteiger charge is 2.06. The maximum absolute atomic E-state index is 13.1. The van der Waals surface area contributed by atoms with Crippen molar-refractivity contribution in [2.75, 3.05) is 18.5 Å². The number of ether oxygens (including phenoxy) is 1. The van der Waals surface area contributed by atoms with Crippen LogP contribution in [-0.4, -0.2) is 24.4 Å². The molecule has 0 fully saturated rings. The van der Waals surface area contributed by atoms with Gasteiger partial charge in [0.25, 0.3) is 0 Å². The zero-order chi connectivity index (χ0) is 15.2. The summed E-state index contributed by atoms with van der Waals surface area (Å²) in [6, 6.07) is 11.7. The zero-order valence-corrected chi connectivity index (χ0v) is 12.4. The Kier molecular flexibility index (Phi) is 5.42. The number of benzene rings is 2. The number of aryl methyl sites for hydroxylation is 1. The van der Waals surface area contributed by atoms with Gasteiger partial charge >= 0.3 is 0 Å². The first-order chi connectivity index (χ1) is 10.0. The van der Waals surface area contributed by atoms with E-state index in [0.29, 0.717) is 22.9 Å². The van der Waals surface area contributed by atoms with Crippen LogP contribution in [0.15, 0.2) is 42.5 Å². The fourth-order valence-corrected chi connectivity index (χ4v) is 1.98. The molecule has 2 aromatic rings. The Balaban J connectivity index is 1.79. The van der Waals surface area contributed by atoms with Crippen molar-refractivity contribution in [3.05, 3.63) is 58.9 Å². The lowest BCUT2D eigenvalue weighted by Crippen LogP contribution is -2.26. The van der Waals surface area contributed by atoms with Gasteiger partial charge in [-0.15, -0.1) is 0 Å². The van der Waals surface area contributed by atoms with Crippen LogP contribution in [0, 0.1) is 12.7 Å². The fourth-order valence-electron chi connectivity index (χ4n) is 1.80. The van der Waals surface area contributed by atoms with E-state index in [1.807, 2.05) is 0 Å². The average molecular weight is 310 g/mol. The van der Waals surface area contributed by atoms with Gasteiger partial charge in [-0.25, -0.2) is 4.39 Å². The second-order valence-corrected chi connectivity index (χ2v) is 5.20. The number of aliphatic hydroxyl groups excluding tert-OH is 1. The number of halogens is 2. The molecule has 2 rings (SSSR count).